The maximum Gasteiger partial charge on any atom is 0.275 e. The molecule has 2 aromatic carbocycles. The third kappa shape index (κ3) is 5.46. The Labute approximate surface area is 223 Å². The molecule has 1 unspecified atom stereocenters. The van der Waals surface area contributed by atoms with Gasteiger partial charge in [0.1, 0.15) is 5.82 Å². The molecule has 0 radical (unpaired) electrons. The van der Waals surface area contributed by atoms with E-state index in [-0.39, 0.29) is 34.6 Å². The monoisotopic (exact) mass is 537 g/mol. The van der Waals surface area contributed by atoms with Gasteiger partial charge in [-0.05, 0) is 55.4 Å². The Bertz CT molecular complexity index is 1510. The molecular formula is C29H27F4N5O. The highest BCUT2D eigenvalue weighted by Gasteiger charge is 2.47. The van der Waals surface area contributed by atoms with E-state index in [0.717, 1.165) is 25.2 Å². The van der Waals surface area contributed by atoms with E-state index in [9.17, 15) is 13.6 Å². The van der Waals surface area contributed by atoms with E-state index < -0.39 is 29.5 Å². The minimum atomic E-state index is -3.04. The number of rotatable bonds is 3. The smallest absolute Gasteiger partial charge is 0.275 e. The number of nitrogens with zero attached hydrogens (tertiary/aromatic N) is 3. The quantitative estimate of drug-likeness (QED) is 0.375. The molecule has 1 amide bonds. The van der Waals surface area contributed by atoms with Crippen molar-refractivity contribution in [1.29, 1.82) is 0 Å². The first-order valence-electron chi connectivity index (χ1n) is 12.5. The van der Waals surface area contributed by atoms with Gasteiger partial charge in [0.05, 0.1) is 5.56 Å². The zero-order valence-electron chi connectivity index (χ0n) is 21.5. The average Bonchev–Trinajstić information content (AvgIpc) is 3.16. The summed E-state index contributed by atoms with van der Waals surface area (Å²) < 4.78 is 58.5. The van der Waals surface area contributed by atoms with Crippen LogP contribution < -0.4 is 11.1 Å². The molecule has 202 valence electrons. The summed E-state index contributed by atoms with van der Waals surface area (Å²) in [5.41, 5.74) is 6.72. The summed E-state index contributed by atoms with van der Waals surface area (Å²) in [4.78, 5) is 20.9. The lowest BCUT2D eigenvalue weighted by atomic mass is 10.0. The Morgan fingerprint density at radius 2 is 1.82 bits per heavy atom. The van der Waals surface area contributed by atoms with E-state index in [1.165, 1.54) is 18.3 Å². The van der Waals surface area contributed by atoms with Crippen LogP contribution in [-0.4, -0.2) is 53.9 Å². The van der Waals surface area contributed by atoms with E-state index in [2.05, 4.69) is 31.9 Å². The van der Waals surface area contributed by atoms with Gasteiger partial charge in [0.25, 0.3) is 11.8 Å². The van der Waals surface area contributed by atoms with E-state index in [0.29, 0.717) is 29.8 Å². The summed E-state index contributed by atoms with van der Waals surface area (Å²) in [5, 5.41) is 2.55. The number of alkyl halides is 2. The fourth-order valence-electron chi connectivity index (χ4n) is 5.00. The van der Waals surface area contributed by atoms with Gasteiger partial charge in [-0.1, -0.05) is 17.9 Å². The van der Waals surface area contributed by atoms with Crippen LogP contribution in [0.2, 0.25) is 0 Å². The number of nitrogens with two attached hydrogens (primary N) is 1. The second kappa shape index (κ2) is 10.3. The first-order chi connectivity index (χ1) is 18.5. The second-order valence-electron chi connectivity index (χ2n) is 10.0. The lowest BCUT2D eigenvalue weighted by Crippen LogP contribution is -2.45. The minimum Gasteiger partial charge on any atom is -0.381 e. The minimum absolute atomic E-state index is 0.121. The van der Waals surface area contributed by atoms with Gasteiger partial charge in [-0.25, -0.2) is 22.5 Å². The maximum absolute atomic E-state index is 15.0. The number of pyridine rings is 1. The van der Waals surface area contributed by atoms with Gasteiger partial charge in [0, 0.05) is 67.2 Å². The van der Waals surface area contributed by atoms with Crippen molar-refractivity contribution < 1.29 is 22.4 Å². The number of nitrogen functional groups attached to an aromatic ring is 1. The number of amides is 1. The molecule has 0 spiro atoms. The number of halogens is 4. The zero-order chi connectivity index (χ0) is 27.9. The van der Waals surface area contributed by atoms with E-state index in [1.54, 1.807) is 19.1 Å². The number of carbonyl (C=O) groups excluding carboxylic acids is 1. The van der Waals surface area contributed by atoms with Crippen molar-refractivity contribution in [2.75, 3.05) is 44.3 Å². The summed E-state index contributed by atoms with van der Waals surface area (Å²) >= 11 is 0. The van der Waals surface area contributed by atoms with Crippen molar-refractivity contribution >= 4 is 17.4 Å². The van der Waals surface area contributed by atoms with Crippen LogP contribution in [0.3, 0.4) is 0 Å². The molecule has 39 heavy (non-hydrogen) atoms. The number of nitrogens with one attached hydrogen (secondary N) is 1. The number of aromatic nitrogens is 1. The van der Waals surface area contributed by atoms with Gasteiger partial charge < -0.3 is 16.0 Å². The van der Waals surface area contributed by atoms with Crippen LogP contribution in [0.5, 0.6) is 0 Å². The molecule has 1 atom stereocenters. The summed E-state index contributed by atoms with van der Waals surface area (Å²) in [5.74, 6) is -0.0719. The Balaban J connectivity index is 1.38. The topological polar surface area (TPSA) is 74.5 Å². The molecule has 1 aromatic heterocycles. The Morgan fingerprint density at radius 1 is 1.08 bits per heavy atom. The lowest BCUT2D eigenvalue weighted by Gasteiger charge is -2.36. The molecule has 3 aromatic rings. The summed E-state index contributed by atoms with van der Waals surface area (Å²) in [6, 6.07) is 7.64. The normalized spacial score (nSPS) is 18.8. The third-order valence-corrected chi connectivity index (χ3v) is 7.26. The third-order valence-electron chi connectivity index (χ3n) is 7.26. The van der Waals surface area contributed by atoms with Crippen LogP contribution in [0.15, 0.2) is 42.6 Å². The largest absolute Gasteiger partial charge is 0.381 e. The maximum atomic E-state index is 15.0. The average molecular weight is 538 g/mol. The van der Waals surface area contributed by atoms with Gasteiger partial charge in [-0.15, -0.1) is 0 Å². The van der Waals surface area contributed by atoms with Gasteiger partial charge in [0.15, 0.2) is 11.6 Å². The number of hydrogen-bond donors (Lipinski definition) is 2. The molecule has 0 bridgehead atoms. The molecule has 2 heterocycles. The highest BCUT2D eigenvalue weighted by molar-refractivity contribution is 6.04. The molecule has 0 saturated carbocycles. The fourth-order valence-corrected chi connectivity index (χ4v) is 5.00. The van der Waals surface area contributed by atoms with Gasteiger partial charge in [-0.2, -0.15) is 0 Å². The van der Waals surface area contributed by atoms with Crippen molar-refractivity contribution in [2.24, 2.45) is 0 Å². The number of aryl methyl sites for hydroxylation is 1. The number of anilines is 2. The van der Waals surface area contributed by atoms with Crippen molar-refractivity contribution in [3.8, 4) is 11.8 Å². The highest BCUT2D eigenvalue weighted by Crippen LogP contribution is 2.50. The van der Waals surface area contributed by atoms with Crippen LogP contribution in [0.25, 0.3) is 0 Å². The second-order valence-corrected chi connectivity index (χ2v) is 10.0. The SMILES string of the molecule is Cc1cc(F)c(C(=O)Nc2ccc3c(c2)C(F)(F)CC3N2CCN(C)CC2)cc1C#Cc1cnc(N)c(F)c1. The fraction of sp³-hybridized carbons (Fsp3) is 0.310. The van der Waals surface area contributed by atoms with Gasteiger partial charge >= 0.3 is 0 Å². The number of likely N-dealkylation sites (N-methyl/N-ethyl adjacent to an activating group) is 1. The number of hydrogen-bond acceptors (Lipinski definition) is 5. The predicted molar refractivity (Wildman–Crippen MR) is 140 cm³/mol. The highest BCUT2D eigenvalue weighted by atomic mass is 19.3. The van der Waals surface area contributed by atoms with E-state index >= 15 is 8.78 Å². The number of piperazine rings is 1. The Kier molecular flexibility index (Phi) is 7.05. The van der Waals surface area contributed by atoms with Crippen molar-refractivity contribution in [1.82, 2.24) is 14.8 Å². The number of fused-ring (bicyclic) bond motifs is 1. The van der Waals surface area contributed by atoms with Crippen LogP contribution in [-0.2, 0) is 5.92 Å². The Hall–Kier alpha value is -3.94. The van der Waals surface area contributed by atoms with Crippen LogP contribution in [0, 0.1) is 30.4 Å². The molecular weight excluding hydrogens is 510 g/mol. The van der Waals surface area contributed by atoms with Crippen LogP contribution >= 0.6 is 0 Å². The summed E-state index contributed by atoms with van der Waals surface area (Å²) in [6.45, 7) is 4.66. The number of carbonyl (C=O) groups is 1. The van der Waals surface area contributed by atoms with Crippen molar-refractivity contribution in [3.05, 3.63) is 87.6 Å². The van der Waals surface area contributed by atoms with E-state index in [1.807, 2.05) is 7.05 Å². The van der Waals surface area contributed by atoms with Gasteiger partial charge in [-0.3, -0.25) is 9.69 Å². The lowest BCUT2D eigenvalue weighted by molar-refractivity contribution is -0.0257. The van der Waals surface area contributed by atoms with E-state index in [4.69, 9.17) is 5.73 Å². The first-order valence-corrected chi connectivity index (χ1v) is 12.5. The predicted octanol–water partition coefficient (Wildman–Crippen LogP) is 4.69. The first kappa shape index (κ1) is 26.7. The summed E-state index contributed by atoms with van der Waals surface area (Å²) in [6.07, 6.45) is 0.987. The van der Waals surface area contributed by atoms with Crippen molar-refractivity contribution in [2.45, 2.75) is 25.3 Å². The summed E-state index contributed by atoms with van der Waals surface area (Å²) in [7, 11) is 2.01. The van der Waals surface area contributed by atoms with Crippen LogP contribution in [0.4, 0.5) is 29.1 Å². The molecule has 5 rings (SSSR count). The number of benzene rings is 2. The molecule has 6 nitrogen and oxygen atoms in total. The molecule has 1 fully saturated rings. The Morgan fingerprint density at radius 3 is 2.54 bits per heavy atom. The molecule has 1 aliphatic carbocycles. The zero-order valence-corrected chi connectivity index (χ0v) is 21.5. The molecule has 2 aliphatic rings. The molecule has 1 saturated heterocycles. The molecule has 10 heteroatoms. The van der Waals surface area contributed by atoms with Crippen LogP contribution in [0.1, 0.15) is 50.6 Å². The van der Waals surface area contributed by atoms with Crippen molar-refractivity contribution in [3.63, 3.8) is 0 Å². The standard InChI is InChI=1S/C29H27F4N5O/c1-17-11-24(30)22(13-19(17)4-3-18-12-25(31)27(34)35-16-18)28(39)36-20-5-6-21-23(14-20)29(32,33)15-26(21)38-9-7-37(2)8-10-38/h5-6,11-14,16,26H,7-10,15H2,1-2H3,(H2,34,35)(H,36,39). The van der Waals surface area contributed by atoms with Gasteiger partial charge in [0.2, 0.25) is 0 Å². The molecule has 3 N–H and O–H groups in total. The molecule has 1 aliphatic heterocycles.